The van der Waals surface area contributed by atoms with Gasteiger partial charge in [0.05, 0.1) is 18.6 Å². The Balaban J connectivity index is 2.93. The van der Waals surface area contributed by atoms with E-state index in [1.807, 2.05) is 11.5 Å². The SMILES string of the molecule is CCOC(=O)c1c(C)ncn1CC(C)C. The Hall–Kier alpha value is -1.32. The number of hydrogen-bond donors (Lipinski definition) is 0. The summed E-state index contributed by atoms with van der Waals surface area (Å²) >= 11 is 0. The molecule has 0 spiro atoms. The van der Waals surface area contributed by atoms with Crippen LogP contribution in [0.2, 0.25) is 0 Å². The first kappa shape index (κ1) is 11.8. The van der Waals surface area contributed by atoms with Crippen LogP contribution >= 0.6 is 0 Å². The van der Waals surface area contributed by atoms with Crippen LogP contribution in [0.1, 0.15) is 37.0 Å². The third-order valence-electron chi connectivity index (χ3n) is 2.05. The summed E-state index contributed by atoms with van der Waals surface area (Å²) in [5.41, 5.74) is 1.31. The molecule has 0 aliphatic carbocycles. The van der Waals surface area contributed by atoms with Gasteiger partial charge in [-0.25, -0.2) is 9.78 Å². The number of nitrogens with zero attached hydrogens (tertiary/aromatic N) is 2. The second-order valence-corrected chi connectivity index (χ2v) is 3.95. The number of rotatable bonds is 4. The van der Waals surface area contributed by atoms with Crippen molar-refractivity contribution in [2.45, 2.75) is 34.2 Å². The third-order valence-corrected chi connectivity index (χ3v) is 2.05. The van der Waals surface area contributed by atoms with E-state index in [0.717, 1.165) is 12.2 Å². The van der Waals surface area contributed by atoms with Crippen molar-refractivity contribution in [1.82, 2.24) is 9.55 Å². The van der Waals surface area contributed by atoms with E-state index in [2.05, 4.69) is 18.8 Å². The first-order chi connectivity index (χ1) is 7.06. The first-order valence-electron chi connectivity index (χ1n) is 5.25. The van der Waals surface area contributed by atoms with Crippen molar-refractivity contribution in [1.29, 1.82) is 0 Å². The quantitative estimate of drug-likeness (QED) is 0.714. The van der Waals surface area contributed by atoms with Crippen molar-refractivity contribution >= 4 is 5.97 Å². The highest BCUT2D eigenvalue weighted by Gasteiger charge is 2.17. The lowest BCUT2D eigenvalue weighted by Crippen LogP contribution is -2.15. The van der Waals surface area contributed by atoms with Gasteiger partial charge in [0, 0.05) is 6.54 Å². The molecule has 84 valence electrons. The van der Waals surface area contributed by atoms with Gasteiger partial charge in [-0.2, -0.15) is 0 Å². The molecule has 0 amide bonds. The number of hydrogen-bond acceptors (Lipinski definition) is 3. The number of aromatic nitrogens is 2. The maximum absolute atomic E-state index is 11.6. The molecule has 0 N–H and O–H groups in total. The lowest BCUT2D eigenvalue weighted by Gasteiger charge is -2.10. The summed E-state index contributed by atoms with van der Waals surface area (Å²) in [6.45, 7) is 9.01. The molecular formula is C11H18N2O2. The van der Waals surface area contributed by atoms with Crippen LogP contribution in [-0.2, 0) is 11.3 Å². The van der Waals surface area contributed by atoms with Gasteiger partial charge < -0.3 is 9.30 Å². The Morgan fingerprint density at radius 1 is 1.60 bits per heavy atom. The van der Waals surface area contributed by atoms with Gasteiger partial charge in [-0.3, -0.25) is 0 Å². The smallest absolute Gasteiger partial charge is 0.356 e. The van der Waals surface area contributed by atoms with Gasteiger partial charge in [-0.1, -0.05) is 13.8 Å². The zero-order valence-electron chi connectivity index (χ0n) is 9.78. The van der Waals surface area contributed by atoms with Crippen molar-refractivity contribution in [2.75, 3.05) is 6.61 Å². The van der Waals surface area contributed by atoms with Crippen LogP contribution < -0.4 is 0 Å². The van der Waals surface area contributed by atoms with Gasteiger partial charge in [-0.15, -0.1) is 0 Å². The minimum atomic E-state index is -0.284. The van der Waals surface area contributed by atoms with E-state index in [0.29, 0.717) is 18.2 Å². The van der Waals surface area contributed by atoms with Crippen molar-refractivity contribution < 1.29 is 9.53 Å². The van der Waals surface area contributed by atoms with E-state index >= 15 is 0 Å². The second-order valence-electron chi connectivity index (χ2n) is 3.95. The van der Waals surface area contributed by atoms with E-state index in [9.17, 15) is 4.79 Å². The minimum Gasteiger partial charge on any atom is -0.461 e. The number of carbonyl (C=O) groups excluding carboxylic acids is 1. The molecule has 1 rings (SSSR count). The molecule has 0 saturated heterocycles. The molecule has 0 aliphatic heterocycles. The highest BCUT2D eigenvalue weighted by molar-refractivity contribution is 5.88. The monoisotopic (exact) mass is 210 g/mol. The van der Waals surface area contributed by atoms with Crippen LogP contribution in [0.25, 0.3) is 0 Å². The fourth-order valence-corrected chi connectivity index (χ4v) is 1.48. The van der Waals surface area contributed by atoms with Gasteiger partial charge in [0.25, 0.3) is 0 Å². The molecule has 1 heterocycles. The molecule has 0 unspecified atom stereocenters. The van der Waals surface area contributed by atoms with Crippen molar-refractivity contribution in [2.24, 2.45) is 5.92 Å². The summed E-state index contributed by atoms with van der Waals surface area (Å²) < 4.78 is 6.85. The predicted molar refractivity (Wildman–Crippen MR) is 57.8 cm³/mol. The van der Waals surface area contributed by atoms with Gasteiger partial charge >= 0.3 is 5.97 Å². The largest absolute Gasteiger partial charge is 0.461 e. The van der Waals surface area contributed by atoms with Gasteiger partial charge in [0.15, 0.2) is 0 Å². The summed E-state index contributed by atoms with van der Waals surface area (Å²) in [4.78, 5) is 15.8. The summed E-state index contributed by atoms with van der Waals surface area (Å²) in [5, 5.41) is 0. The zero-order chi connectivity index (χ0) is 11.4. The van der Waals surface area contributed by atoms with Gasteiger partial charge in [0.1, 0.15) is 5.69 Å². The molecule has 0 fully saturated rings. The topological polar surface area (TPSA) is 44.1 Å². The van der Waals surface area contributed by atoms with Crippen molar-refractivity contribution in [3.8, 4) is 0 Å². The molecule has 0 saturated carbocycles. The first-order valence-corrected chi connectivity index (χ1v) is 5.25. The average Bonchev–Trinajstić information content (AvgIpc) is 2.46. The van der Waals surface area contributed by atoms with Crippen LogP contribution in [-0.4, -0.2) is 22.1 Å². The van der Waals surface area contributed by atoms with E-state index in [4.69, 9.17) is 4.74 Å². The fourth-order valence-electron chi connectivity index (χ4n) is 1.48. The molecule has 1 aromatic heterocycles. The molecule has 1 aromatic rings. The van der Waals surface area contributed by atoms with Crippen molar-refractivity contribution in [3.63, 3.8) is 0 Å². The molecule has 0 aliphatic rings. The second kappa shape index (κ2) is 4.96. The maximum Gasteiger partial charge on any atom is 0.356 e. The van der Waals surface area contributed by atoms with Gasteiger partial charge in [-0.05, 0) is 19.8 Å². The lowest BCUT2D eigenvalue weighted by atomic mass is 10.2. The van der Waals surface area contributed by atoms with E-state index < -0.39 is 0 Å². The lowest BCUT2D eigenvalue weighted by molar-refractivity contribution is 0.0512. The molecule has 0 bridgehead atoms. The van der Waals surface area contributed by atoms with E-state index in [1.165, 1.54) is 0 Å². The van der Waals surface area contributed by atoms with E-state index in [1.54, 1.807) is 13.3 Å². The van der Waals surface area contributed by atoms with Crippen LogP contribution in [0, 0.1) is 12.8 Å². The number of ether oxygens (including phenoxy) is 1. The number of esters is 1. The molecule has 0 radical (unpaired) electrons. The van der Waals surface area contributed by atoms with Crippen molar-refractivity contribution in [3.05, 3.63) is 17.7 Å². The fraction of sp³-hybridized carbons (Fsp3) is 0.636. The summed E-state index contributed by atoms with van der Waals surface area (Å²) in [5.74, 6) is 0.194. The molecule has 0 aromatic carbocycles. The standard InChI is InChI=1S/C11H18N2O2/c1-5-15-11(14)10-9(4)12-7-13(10)6-8(2)3/h7-8H,5-6H2,1-4H3. The number of imidazole rings is 1. The van der Waals surface area contributed by atoms with Crippen LogP contribution in [0.4, 0.5) is 0 Å². The number of aryl methyl sites for hydroxylation is 1. The highest BCUT2D eigenvalue weighted by atomic mass is 16.5. The zero-order valence-corrected chi connectivity index (χ0v) is 9.78. The maximum atomic E-state index is 11.6. The highest BCUT2D eigenvalue weighted by Crippen LogP contribution is 2.10. The molecule has 15 heavy (non-hydrogen) atoms. The molecule has 4 nitrogen and oxygen atoms in total. The normalized spacial score (nSPS) is 10.7. The number of carbonyl (C=O) groups is 1. The summed E-state index contributed by atoms with van der Waals surface area (Å²) in [6, 6.07) is 0. The molecule has 0 atom stereocenters. The summed E-state index contributed by atoms with van der Waals surface area (Å²) in [6.07, 6.45) is 1.70. The Morgan fingerprint density at radius 3 is 2.80 bits per heavy atom. The van der Waals surface area contributed by atoms with Crippen LogP contribution in [0.5, 0.6) is 0 Å². The Morgan fingerprint density at radius 2 is 2.27 bits per heavy atom. The Bertz CT molecular complexity index is 342. The minimum absolute atomic E-state index is 0.284. The molecular weight excluding hydrogens is 192 g/mol. The Kier molecular flexibility index (Phi) is 3.88. The van der Waals surface area contributed by atoms with Gasteiger partial charge in [0.2, 0.25) is 0 Å². The molecule has 4 heteroatoms. The predicted octanol–water partition coefficient (Wildman–Crippen LogP) is 2.02. The van der Waals surface area contributed by atoms with Crippen LogP contribution in [0.15, 0.2) is 6.33 Å². The van der Waals surface area contributed by atoms with E-state index in [-0.39, 0.29) is 5.97 Å². The van der Waals surface area contributed by atoms with Crippen LogP contribution in [0.3, 0.4) is 0 Å². The third kappa shape index (κ3) is 2.81. The summed E-state index contributed by atoms with van der Waals surface area (Å²) in [7, 11) is 0. The average molecular weight is 210 g/mol. The Labute approximate surface area is 90.3 Å².